The van der Waals surface area contributed by atoms with Gasteiger partial charge in [-0.1, -0.05) is 24.3 Å². The average Bonchev–Trinajstić information content (AvgIpc) is 3.02. The van der Waals surface area contributed by atoms with Crippen molar-refractivity contribution in [3.8, 4) is 22.4 Å². The Morgan fingerprint density at radius 1 is 0.875 bits per heavy atom. The van der Waals surface area contributed by atoms with Crippen LogP contribution in [-0.4, -0.2) is 9.97 Å². The summed E-state index contributed by atoms with van der Waals surface area (Å²) in [7, 11) is 0. The van der Waals surface area contributed by atoms with E-state index >= 15 is 0 Å². The molecule has 0 unspecified atom stereocenters. The first-order chi connectivity index (χ1) is 11.8. The Morgan fingerprint density at radius 2 is 1.71 bits per heavy atom. The minimum absolute atomic E-state index is 0.235. The largest absolute Gasteiger partial charge is 0.254 e. The van der Waals surface area contributed by atoms with Gasteiger partial charge in [-0.15, -0.1) is 0 Å². The van der Waals surface area contributed by atoms with E-state index in [1.54, 1.807) is 12.1 Å². The van der Waals surface area contributed by atoms with E-state index < -0.39 is 0 Å². The van der Waals surface area contributed by atoms with Gasteiger partial charge in [0.15, 0.2) is 0 Å². The van der Waals surface area contributed by atoms with Crippen LogP contribution in [0.2, 0.25) is 0 Å². The smallest absolute Gasteiger partial charge is 0.123 e. The molecule has 2 heterocycles. The molecule has 2 aromatic heterocycles. The Bertz CT molecular complexity index is 1080. The summed E-state index contributed by atoms with van der Waals surface area (Å²) in [4.78, 5) is 9.42. The molecule has 0 saturated heterocycles. The van der Waals surface area contributed by atoms with E-state index in [1.165, 1.54) is 28.8 Å². The van der Waals surface area contributed by atoms with Gasteiger partial charge in [-0.3, -0.25) is 4.98 Å². The van der Waals surface area contributed by atoms with Crippen molar-refractivity contribution in [3.63, 3.8) is 0 Å². The zero-order chi connectivity index (χ0) is 16.1. The van der Waals surface area contributed by atoms with Crippen LogP contribution < -0.4 is 0 Å². The standard InChI is InChI=1S/C21H13FN2/c22-15-9-7-13(8-10-15)20-17-12-14-4-1-2-5-16(14)19(17)21-18(24-20)6-3-11-23-21/h1-11H,12H2. The lowest BCUT2D eigenvalue weighted by atomic mass is 9.99. The molecule has 1 aliphatic rings. The summed E-state index contributed by atoms with van der Waals surface area (Å²) in [5.41, 5.74) is 8.51. The summed E-state index contributed by atoms with van der Waals surface area (Å²) >= 11 is 0. The first kappa shape index (κ1) is 13.4. The highest BCUT2D eigenvalue weighted by Crippen LogP contribution is 2.43. The molecule has 0 amide bonds. The zero-order valence-corrected chi connectivity index (χ0v) is 12.8. The van der Waals surface area contributed by atoms with Gasteiger partial charge in [-0.25, -0.2) is 9.37 Å². The Balaban J connectivity index is 1.88. The quantitative estimate of drug-likeness (QED) is 0.435. The van der Waals surface area contributed by atoms with Crippen LogP contribution in [0.4, 0.5) is 4.39 Å². The van der Waals surface area contributed by atoms with Crippen molar-refractivity contribution in [1.82, 2.24) is 9.97 Å². The van der Waals surface area contributed by atoms with E-state index in [0.717, 1.165) is 34.3 Å². The highest BCUT2D eigenvalue weighted by Gasteiger charge is 2.25. The minimum atomic E-state index is -0.235. The minimum Gasteiger partial charge on any atom is -0.254 e. The lowest BCUT2D eigenvalue weighted by Crippen LogP contribution is -1.96. The van der Waals surface area contributed by atoms with Crippen LogP contribution in [0.15, 0.2) is 66.9 Å². The van der Waals surface area contributed by atoms with Crippen LogP contribution in [0.3, 0.4) is 0 Å². The number of rotatable bonds is 1. The zero-order valence-electron chi connectivity index (χ0n) is 12.8. The van der Waals surface area contributed by atoms with Crippen LogP contribution in [0, 0.1) is 5.82 Å². The second-order valence-corrected chi connectivity index (χ2v) is 6.03. The molecule has 0 aliphatic heterocycles. The predicted octanol–water partition coefficient (Wildman–Crippen LogP) is 5.01. The monoisotopic (exact) mass is 312 g/mol. The highest BCUT2D eigenvalue weighted by molar-refractivity contribution is 5.99. The van der Waals surface area contributed by atoms with E-state index in [-0.39, 0.29) is 5.82 Å². The van der Waals surface area contributed by atoms with Gasteiger partial charge in [0, 0.05) is 23.7 Å². The van der Waals surface area contributed by atoms with E-state index in [4.69, 9.17) is 4.98 Å². The van der Waals surface area contributed by atoms with Crippen LogP contribution in [0.5, 0.6) is 0 Å². The number of hydrogen-bond acceptors (Lipinski definition) is 2. The molecule has 114 valence electrons. The Labute approximate surface area is 138 Å². The Morgan fingerprint density at radius 3 is 2.58 bits per heavy atom. The van der Waals surface area contributed by atoms with Crippen molar-refractivity contribution in [2.45, 2.75) is 6.42 Å². The molecule has 0 radical (unpaired) electrons. The maximum atomic E-state index is 13.3. The van der Waals surface area contributed by atoms with Crippen molar-refractivity contribution in [1.29, 1.82) is 0 Å². The van der Waals surface area contributed by atoms with E-state index in [9.17, 15) is 4.39 Å². The summed E-state index contributed by atoms with van der Waals surface area (Å²) in [5.74, 6) is -0.235. The maximum absolute atomic E-state index is 13.3. The van der Waals surface area contributed by atoms with Crippen LogP contribution in [0.25, 0.3) is 33.4 Å². The fourth-order valence-corrected chi connectivity index (χ4v) is 3.55. The van der Waals surface area contributed by atoms with Crippen molar-refractivity contribution < 1.29 is 4.39 Å². The SMILES string of the molecule is Fc1ccc(-c2nc3cccnc3c3c2Cc2ccccc2-3)cc1. The van der Waals surface area contributed by atoms with Gasteiger partial charge in [0.1, 0.15) is 5.82 Å². The van der Waals surface area contributed by atoms with Gasteiger partial charge in [-0.05, 0) is 53.1 Å². The molecule has 2 nitrogen and oxygen atoms in total. The maximum Gasteiger partial charge on any atom is 0.123 e. The predicted molar refractivity (Wildman–Crippen MR) is 93.2 cm³/mol. The second kappa shape index (κ2) is 4.96. The van der Waals surface area contributed by atoms with Crippen LogP contribution >= 0.6 is 0 Å². The van der Waals surface area contributed by atoms with Gasteiger partial charge in [-0.2, -0.15) is 0 Å². The number of hydrogen-bond donors (Lipinski definition) is 0. The Kier molecular flexibility index (Phi) is 2.77. The molecular formula is C21H13FN2. The van der Waals surface area contributed by atoms with Gasteiger partial charge >= 0.3 is 0 Å². The highest BCUT2D eigenvalue weighted by atomic mass is 19.1. The molecule has 4 aromatic rings. The fraction of sp³-hybridized carbons (Fsp3) is 0.0476. The molecule has 0 fully saturated rings. The van der Waals surface area contributed by atoms with Gasteiger partial charge < -0.3 is 0 Å². The van der Waals surface area contributed by atoms with Crippen molar-refractivity contribution >= 4 is 11.0 Å². The molecule has 3 heteroatoms. The third kappa shape index (κ3) is 1.88. The van der Waals surface area contributed by atoms with Crippen molar-refractivity contribution in [2.24, 2.45) is 0 Å². The van der Waals surface area contributed by atoms with E-state index in [0.29, 0.717) is 0 Å². The first-order valence-corrected chi connectivity index (χ1v) is 7.93. The lowest BCUT2D eigenvalue weighted by molar-refractivity contribution is 0.628. The molecule has 2 aromatic carbocycles. The molecule has 24 heavy (non-hydrogen) atoms. The molecule has 0 spiro atoms. The average molecular weight is 312 g/mol. The normalized spacial score (nSPS) is 12.2. The number of halogens is 1. The fourth-order valence-electron chi connectivity index (χ4n) is 3.55. The van der Waals surface area contributed by atoms with E-state index in [2.05, 4.69) is 29.2 Å². The lowest BCUT2D eigenvalue weighted by Gasteiger charge is -2.11. The van der Waals surface area contributed by atoms with Gasteiger partial charge in [0.05, 0.1) is 16.7 Å². The number of benzene rings is 2. The van der Waals surface area contributed by atoms with Crippen LogP contribution in [0.1, 0.15) is 11.1 Å². The second-order valence-electron chi connectivity index (χ2n) is 6.03. The molecule has 0 saturated carbocycles. The van der Waals surface area contributed by atoms with E-state index in [1.807, 2.05) is 18.3 Å². The topological polar surface area (TPSA) is 25.8 Å². The van der Waals surface area contributed by atoms with Crippen molar-refractivity contribution in [3.05, 3.63) is 83.8 Å². The van der Waals surface area contributed by atoms with Gasteiger partial charge in [0.2, 0.25) is 0 Å². The van der Waals surface area contributed by atoms with Crippen molar-refractivity contribution in [2.75, 3.05) is 0 Å². The van der Waals surface area contributed by atoms with Gasteiger partial charge in [0.25, 0.3) is 0 Å². The molecule has 0 atom stereocenters. The number of fused-ring (bicyclic) bond motifs is 5. The number of nitrogens with zero attached hydrogens (tertiary/aromatic N) is 2. The third-order valence-corrected chi connectivity index (χ3v) is 4.61. The molecule has 0 N–H and O–H groups in total. The number of pyridine rings is 2. The number of aromatic nitrogens is 2. The molecular weight excluding hydrogens is 299 g/mol. The Hall–Kier alpha value is -3.07. The summed E-state index contributed by atoms with van der Waals surface area (Å²) in [6.45, 7) is 0. The van der Waals surface area contributed by atoms with Crippen LogP contribution in [-0.2, 0) is 6.42 Å². The molecule has 5 rings (SSSR count). The summed E-state index contributed by atoms with van der Waals surface area (Å²) in [5, 5.41) is 0. The summed E-state index contributed by atoms with van der Waals surface area (Å²) in [6.07, 6.45) is 2.64. The third-order valence-electron chi connectivity index (χ3n) is 4.61. The molecule has 1 aliphatic carbocycles. The summed E-state index contributed by atoms with van der Waals surface area (Å²) in [6, 6.07) is 18.9. The molecule has 0 bridgehead atoms. The summed E-state index contributed by atoms with van der Waals surface area (Å²) < 4.78 is 13.3. The first-order valence-electron chi connectivity index (χ1n) is 7.93.